The van der Waals surface area contributed by atoms with Gasteiger partial charge in [0.2, 0.25) is 0 Å². The van der Waals surface area contributed by atoms with Crippen molar-refractivity contribution in [1.82, 2.24) is 5.32 Å². The highest BCUT2D eigenvalue weighted by atomic mass is 35.5. The van der Waals surface area contributed by atoms with Crippen molar-refractivity contribution >= 4 is 18.5 Å². The number of ether oxygens (including phenoxy) is 2. The third-order valence-corrected chi connectivity index (χ3v) is 2.59. The number of halogens is 4. The summed E-state index contributed by atoms with van der Waals surface area (Å²) in [5.41, 5.74) is -0.126. The van der Waals surface area contributed by atoms with Crippen molar-refractivity contribution in [3.05, 3.63) is 29.6 Å². The molecule has 0 aliphatic carbocycles. The summed E-state index contributed by atoms with van der Waals surface area (Å²) in [7, 11) is 1.17. The average molecular weight is 298 g/mol. The summed E-state index contributed by atoms with van der Waals surface area (Å²) in [6.07, 6.45) is -0.975. The molecule has 2 rings (SSSR count). The van der Waals surface area contributed by atoms with Crippen LogP contribution in [0.5, 0.6) is 5.75 Å². The molecule has 1 saturated heterocycles. The van der Waals surface area contributed by atoms with Gasteiger partial charge in [-0.05, 0) is 6.07 Å². The number of rotatable bonds is 2. The third kappa shape index (κ3) is 2.86. The zero-order chi connectivity index (χ0) is 13.3. The Bertz CT molecular complexity index is 484. The van der Waals surface area contributed by atoms with E-state index in [0.29, 0.717) is 0 Å². The lowest BCUT2D eigenvalue weighted by Gasteiger charge is -2.32. The average Bonchev–Trinajstić information content (AvgIpc) is 2.32. The highest BCUT2D eigenvalue weighted by Crippen LogP contribution is 2.39. The molecule has 19 heavy (non-hydrogen) atoms. The Balaban J connectivity index is 0.00000180. The minimum atomic E-state index is -3.34. The normalized spacial score (nSPS) is 20.8. The highest BCUT2D eigenvalue weighted by Gasteiger charge is 2.48. The molecule has 0 saturated carbocycles. The van der Waals surface area contributed by atoms with Crippen molar-refractivity contribution < 1.29 is 27.4 Å². The number of cyclic esters (lactones) is 1. The smallest absolute Gasteiger partial charge is 0.408 e. The molecule has 1 N–H and O–H groups in total. The number of alkyl halides is 2. The van der Waals surface area contributed by atoms with Gasteiger partial charge in [0.15, 0.2) is 18.2 Å². The summed E-state index contributed by atoms with van der Waals surface area (Å²) in [5.74, 6) is -4.43. The molecule has 4 nitrogen and oxygen atoms in total. The molecule has 1 aliphatic heterocycles. The Morgan fingerprint density at radius 1 is 1.47 bits per heavy atom. The summed E-state index contributed by atoms with van der Waals surface area (Å²) < 4.78 is 49.7. The topological polar surface area (TPSA) is 47.6 Å². The molecule has 1 fully saturated rings. The first-order valence-corrected chi connectivity index (χ1v) is 5.09. The maximum absolute atomic E-state index is 13.7. The predicted octanol–water partition coefficient (Wildman–Crippen LogP) is 2.67. The minimum absolute atomic E-state index is 0. The number of hydrogen-bond donors (Lipinski definition) is 1. The van der Waals surface area contributed by atoms with E-state index in [1.807, 2.05) is 5.32 Å². The Morgan fingerprint density at radius 3 is 2.79 bits per heavy atom. The number of methoxy groups -OCH3 is 1. The van der Waals surface area contributed by atoms with Crippen LogP contribution in [0, 0.1) is 5.82 Å². The highest BCUT2D eigenvalue weighted by molar-refractivity contribution is 5.85. The number of para-hydroxylation sites is 1. The van der Waals surface area contributed by atoms with Gasteiger partial charge >= 0.3 is 12.0 Å². The van der Waals surface area contributed by atoms with E-state index in [4.69, 9.17) is 4.74 Å². The maximum atomic E-state index is 13.7. The van der Waals surface area contributed by atoms with Gasteiger partial charge in [-0.25, -0.2) is 18.0 Å². The predicted molar refractivity (Wildman–Crippen MR) is 62.4 cm³/mol. The van der Waals surface area contributed by atoms with Gasteiger partial charge in [-0.1, -0.05) is 12.1 Å². The van der Waals surface area contributed by atoms with Crippen molar-refractivity contribution in [2.75, 3.05) is 13.7 Å². The van der Waals surface area contributed by atoms with Crippen LogP contribution < -0.4 is 10.1 Å². The number of carbonyl (C=O) groups is 1. The second-order valence-electron chi connectivity index (χ2n) is 3.78. The summed E-state index contributed by atoms with van der Waals surface area (Å²) in [6, 6.07) is 1.95. The second kappa shape index (κ2) is 5.56. The van der Waals surface area contributed by atoms with Crippen molar-refractivity contribution in [2.45, 2.75) is 12.0 Å². The van der Waals surface area contributed by atoms with Gasteiger partial charge in [-0.2, -0.15) is 0 Å². The SMILES string of the molecule is COc1c(F)cccc1[C@@H]1NC(=O)OCC1(F)F.Cl. The number of hydrogen-bond acceptors (Lipinski definition) is 3. The summed E-state index contributed by atoms with van der Waals surface area (Å²) in [4.78, 5) is 11.0. The fourth-order valence-corrected chi connectivity index (χ4v) is 1.78. The molecule has 0 spiro atoms. The van der Waals surface area contributed by atoms with Crippen LogP contribution in [0.15, 0.2) is 18.2 Å². The fraction of sp³-hybridized carbons (Fsp3) is 0.364. The lowest BCUT2D eigenvalue weighted by Crippen LogP contribution is -2.49. The molecule has 1 atom stereocenters. The number of nitrogens with one attached hydrogen (secondary N) is 1. The Kier molecular flexibility index (Phi) is 4.52. The van der Waals surface area contributed by atoms with Crippen LogP contribution in [0.1, 0.15) is 11.6 Å². The molecule has 0 unspecified atom stereocenters. The van der Waals surface area contributed by atoms with Crippen molar-refractivity contribution in [3.63, 3.8) is 0 Å². The molecular weight excluding hydrogens is 287 g/mol. The largest absolute Gasteiger partial charge is 0.493 e. The standard InChI is InChI=1S/C11H10F3NO3.ClH/c1-17-8-6(3-2-4-7(8)12)9-11(13,14)5-18-10(16)15-9;/h2-4,9H,5H2,1H3,(H,15,16);1H/t9-;/m0./s1. The number of benzene rings is 1. The monoisotopic (exact) mass is 297 g/mol. The fourth-order valence-electron chi connectivity index (χ4n) is 1.78. The van der Waals surface area contributed by atoms with E-state index in [1.165, 1.54) is 19.2 Å². The molecule has 1 aromatic rings. The van der Waals surface area contributed by atoms with Crippen LogP contribution in [0.2, 0.25) is 0 Å². The van der Waals surface area contributed by atoms with E-state index in [1.54, 1.807) is 0 Å². The lowest BCUT2D eigenvalue weighted by molar-refractivity contribution is -0.104. The van der Waals surface area contributed by atoms with Gasteiger partial charge in [0.05, 0.1) is 7.11 Å². The van der Waals surface area contributed by atoms with Crippen LogP contribution >= 0.6 is 12.4 Å². The van der Waals surface area contributed by atoms with Crippen molar-refractivity contribution in [3.8, 4) is 5.75 Å². The number of amides is 1. The summed E-state index contributed by atoms with van der Waals surface area (Å²) in [5, 5.41) is 1.97. The Hall–Kier alpha value is -1.63. The van der Waals surface area contributed by atoms with Gasteiger partial charge in [0.25, 0.3) is 0 Å². The van der Waals surface area contributed by atoms with Gasteiger partial charge in [-0.3, -0.25) is 0 Å². The van der Waals surface area contributed by atoms with E-state index in [9.17, 15) is 18.0 Å². The molecule has 0 radical (unpaired) electrons. The first-order chi connectivity index (χ1) is 8.45. The van der Waals surface area contributed by atoms with E-state index in [0.717, 1.165) is 6.07 Å². The van der Waals surface area contributed by atoms with E-state index in [-0.39, 0.29) is 23.7 Å². The van der Waals surface area contributed by atoms with Crippen molar-refractivity contribution in [2.24, 2.45) is 0 Å². The van der Waals surface area contributed by atoms with E-state index in [2.05, 4.69) is 4.74 Å². The summed E-state index contributed by atoms with van der Waals surface area (Å²) in [6.45, 7) is -1.05. The Labute approximate surface area is 113 Å². The molecule has 1 amide bonds. The quantitative estimate of drug-likeness (QED) is 0.913. The molecule has 1 aromatic carbocycles. The lowest BCUT2D eigenvalue weighted by atomic mass is 9.99. The van der Waals surface area contributed by atoms with Crippen LogP contribution in [0.4, 0.5) is 18.0 Å². The molecule has 1 aliphatic rings. The third-order valence-electron chi connectivity index (χ3n) is 2.59. The first-order valence-electron chi connectivity index (χ1n) is 5.09. The zero-order valence-corrected chi connectivity index (χ0v) is 10.6. The second-order valence-corrected chi connectivity index (χ2v) is 3.78. The molecule has 106 valence electrons. The summed E-state index contributed by atoms with van der Waals surface area (Å²) >= 11 is 0. The number of alkyl carbamates (subject to hydrolysis) is 1. The minimum Gasteiger partial charge on any atom is -0.493 e. The van der Waals surface area contributed by atoms with Crippen molar-refractivity contribution in [1.29, 1.82) is 0 Å². The zero-order valence-electron chi connectivity index (χ0n) is 9.78. The van der Waals surface area contributed by atoms with E-state index < -0.39 is 30.5 Å². The molecule has 0 aromatic heterocycles. The van der Waals surface area contributed by atoms with Crippen LogP contribution in [-0.4, -0.2) is 25.7 Å². The maximum Gasteiger partial charge on any atom is 0.408 e. The van der Waals surface area contributed by atoms with Crippen LogP contribution in [-0.2, 0) is 4.74 Å². The Morgan fingerprint density at radius 2 is 2.16 bits per heavy atom. The van der Waals surface area contributed by atoms with Gasteiger partial charge in [0, 0.05) is 5.56 Å². The molecule has 0 bridgehead atoms. The number of carbonyl (C=O) groups excluding carboxylic acids is 1. The molecule has 8 heteroatoms. The van der Waals surface area contributed by atoms with Gasteiger partial charge in [-0.15, -0.1) is 12.4 Å². The van der Waals surface area contributed by atoms with Gasteiger partial charge in [0.1, 0.15) is 6.04 Å². The molecule has 1 heterocycles. The first kappa shape index (κ1) is 15.4. The molecular formula is C11H11ClF3NO3. The van der Waals surface area contributed by atoms with Crippen LogP contribution in [0.3, 0.4) is 0 Å². The van der Waals surface area contributed by atoms with Gasteiger partial charge < -0.3 is 14.8 Å². The van der Waals surface area contributed by atoms with E-state index >= 15 is 0 Å². The van der Waals surface area contributed by atoms with Crippen LogP contribution in [0.25, 0.3) is 0 Å².